The van der Waals surface area contributed by atoms with Crippen LogP contribution in [0.1, 0.15) is 33.3 Å². The number of carbonyl (C=O) groups excluding carboxylic acids is 1. The second kappa shape index (κ2) is 8.41. The SMILES string of the molecule is CCN(Cc1ccccc1)C(=O)CNC(=NC)NC(C)(C)C. The van der Waals surface area contributed by atoms with E-state index in [1.165, 1.54) is 0 Å². The zero-order chi connectivity index (χ0) is 16.6. The number of benzene rings is 1. The Labute approximate surface area is 133 Å². The Hall–Kier alpha value is -2.04. The van der Waals surface area contributed by atoms with Crippen LogP contribution in [-0.2, 0) is 11.3 Å². The van der Waals surface area contributed by atoms with Gasteiger partial charge in [0.15, 0.2) is 5.96 Å². The number of likely N-dealkylation sites (N-methyl/N-ethyl adjacent to an activating group) is 1. The van der Waals surface area contributed by atoms with Crippen LogP contribution in [0.5, 0.6) is 0 Å². The lowest BCUT2D eigenvalue weighted by molar-refractivity contribution is -0.130. The van der Waals surface area contributed by atoms with Crippen molar-refractivity contribution < 1.29 is 4.79 Å². The number of amides is 1. The third-order valence-corrected chi connectivity index (χ3v) is 3.07. The minimum Gasteiger partial charge on any atom is -0.352 e. The lowest BCUT2D eigenvalue weighted by Gasteiger charge is -2.25. The van der Waals surface area contributed by atoms with Crippen LogP contribution in [0.15, 0.2) is 35.3 Å². The van der Waals surface area contributed by atoms with Crippen LogP contribution in [0.25, 0.3) is 0 Å². The van der Waals surface area contributed by atoms with Gasteiger partial charge in [0.2, 0.25) is 5.91 Å². The fourth-order valence-corrected chi connectivity index (χ4v) is 1.99. The molecule has 0 aliphatic rings. The molecule has 0 heterocycles. The molecule has 1 rings (SSSR count). The molecule has 0 spiro atoms. The van der Waals surface area contributed by atoms with Crippen molar-refractivity contribution in [2.24, 2.45) is 4.99 Å². The van der Waals surface area contributed by atoms with Crippen molar-refractivity contribution in [3.63, 3.8) is 0 Å². The summed E-state index contributed by atoms with van der Waals surface area (Å²) in [5, 5.41) is 6.31. The third kappa shape index (κ3) is 6.61. The number of carbonyl (C=O) groups is 1. The highest BCUT2D eigenvalue weighted by Gasteiger charge is 2.15. The molecule has 122 valence electrons. The maximum Gasteiger partial charge on any atom is 0.242 e. The minimum absolute atomic E-state index is 0.0585. The van der Waals surface area contributed by atoms with Gasteiger partial charge in [-0.1, -0.05) is 30.3 Å². The number of nitrogens with zero attached hydrogens (tertiary/aromatic N) is 2. The molecule has 0 fully saturated rings. The summed E-state index contributed by atoms with van der Waals surface area (Å²) in [4.78, 5) is 18.3. The Morgan fingerprint density at radius 2 is 1.86 bits per heavy atom. The van der Waals surface area contributed by atoms with E-state index in [1.54, 1.807) is 7.05 Å². The molecule has 0 bridgehead atoms. The van der Waals surface area contributed by atoms with Gasteiger partial charge in [-0.15, -0.1) is 0 Å². The first-order valence-electron chi connectivity index (χ1n) is 7.66. The number of hydrogen-bond acceptors (Lipinski definition) is 2. The summed E-state index contributed by atoms with van der Waals surface area (Å²) >= 11 is 0. The Morgan fingerprint density at radius 3 is 2.36 bits per heavy atom. The van der Waals surface area contributed by atoms with Gasteiger partial charge in [-0.3, -0.25) is 9.79 Å². The Bertz CT molecular complexity index is 491. The lowest BCUT2D eigenvalue weighted by Crippen LogP contribution is -2.50. The monoisotopic (exact) mass is 304 g/mol. The third-order valence-electron chi connectivity index (χ3n) is 3.07. The average molecular weight is 304 g/mol. The maximum absolute atomic E-state index is 12.3. The van der Waals surface area contributed by atoms with Crippen molar-refractivity contribution in [2.45, 2.75) is 39.8 Å². The number of guanidine groups is 1. The molecule has 1 amide bonds. The van der Waals surface area contributed by atoms with Gasteiger partial charge in [0.05, 0.1) is 6.54 Å². The first kappa shape index (κ1) is 18.0. The first-order valence-corrected chi connectivity index (χ1v) is 7.66. The summed E-state index contributed by atoms with van der Waals surface area (Å²) in [7, 11) is 1.70. The van der Waals surface area contributed by atoms with Crippen LogP contribution in [0.2, 0.25) is 0 Å². The number of nitrogens with one attached hydrogen (secondary N) is 2. The number of rotatable bonds is 5. The van der Waals surface area contributed by atoms with Crippen LogP contribution >= 0.6 is 0 Å². The van der Waals surface area contributed by atoms with E-state index in [2.05, 4.69) is 36.4 Å². The first-order chi connectivity index (χ1) is 10.4. The van der Waals surface area contributed by atoms with Crippen LogP contribution in [-0.4, -0.2) is 42.4 Å². The highest BCUT2D eigenvalue weighted by atomic mass is 16.2. The van der Waals surface area contributed by atoms with E-state index < -0.39 is 0 Å². The molecule has 5 nitrogen and oxygen atoms in total. The molecule has 1 aromatic rings. The largest absolute Gasteiger partial charge is 0.352 e. The maximum atomic E-state index is 12.3. The highest BCUT2D eigenvalue weighted by molar-refractivity contribution is 5.86. The van der Waals surface area contributed by atoms with Crippen molar-refractivity contribution in [3.05, 3.63) is 35.9 Å². The molecular formula is C17H28N4O. The van der Waals surface area contributed by atoms with Crippen LogP contribution in [0, 0.1) is 0 Å². The van der Waals surface area contributed by atoms with E-state index in [0.717, 1.165) is 5.56 Å². The molecule has 0 aliphatic heterocycles. The standard InChI is InChI=1S/C17H28N4O/c1-6-21(13-14-10-8-7-9-11-14)15(22)12-19-16(18-5)20-17(2,3)4/h7-11H,6,12-13H2,1-5H3,(H2,18,19,20). The van der Waals surface area contributed by atoms with Gasteiger partial charge >= 0.3 is 0 Å². The van der Waals surface area contributed by atoms with E-state index in [0.29, 0.717) is 19.0 Å². The summed E-state index contributed by atoms with van der Waals surface area (Å²) in [6.45, 7) is 9.68. The van der Waals surface area contributed by atoms with Crippen molar-refractivity contribution in [3.8, 4) is 0 Å². The number of hydrogen-bond donors (Lipinski definition) is 2. The summed E-state index contributed by atoms with van der Waals surface area (Å²) < 4.78 is 0. The molecular weight excluding hydrogens is 276 g/mol. The van der Waals surface area contributed by atoms with Gasteiger partial charge in [0.25, 0.3) is 0 Å². The predicted molar refractivity (Wildman–Crippen MR) is 91.8 cm³/mol. The lowest BCUT2D eigenvalue weighted by atomic mass is 10.1. The molecule has 0 radical (unpaired) electrons. The molecule has 0 aliphatic carbocycles. The van der Waals surface area contributed by atoms with E-state index in [1.807, 2.05) is 42.2 Å². The van der Waals surface area contributed by atoms with Crippen molar-refractivity contribution in [2.75, 3.05) is 20.1 Å². The average Bonchev–Trinajstić information content (AvgIpc) is 2.48. The second-order valence-electron chi connectivity index (χ2n) is 6.19. The minimum atomic E-state index is -0.0978. The molecule has 0 saturated heterocycles. The van der Waals surface area contributed by atoms with Gasteiger partial charge < -0.3 is 15.5 Å². The van der Waals surface area contributed by atoms with Crippen molar-refractivity contribution in [1.29, 1.82) is 0 Å². The van der Waals surface area contributed by atoms with E-state index in [4.69, 9.17) is 0 Å². The summed E-state index contributed by atoms with van der Waals surface area (Å²) in [6, 6.07) is 10.0. The van der Waals surface area contributed by atoms with Gasteiger partial charge in [0, 0.05) is 25.7 Å². The molecule has 5 heteroatoms. The smallest absolute Gasteiger partial charge is 0.242 e. The fraction of sp³-hybridized carbons (Fsp3) is 0.529. The summed E-state index contributed by atoms with van der Waals surface area (Å²) in [5.74, 6) is 0.694. The van der Waals surface area contributed by atoms with Gasteiger partial charge in [-0.25, -0.2) is 0 Å². The summed E-state index contributed by atoms with van der Waals surface area (Å²) in [6.07, 6.45) is 0. The molecule has 0 atom stereocenters. The highest BCUT2D eigenvalue weighted by Crippen LogP contribution is 2.04. The van der Waals surface area contributed by atoms with Crippen LogP contribution < -0.4 is 10.6 Å². The molecule has 0 unspecified atom stereocenters. The topological polar surface area (TPSA) is 56.7 Å². The molecule has 1 aromatic carbocycles. The molecule has 0 aromatic heterocycles. The molecule has 2 N–H and O–H groups in total. The predicted octanol–water partition coefficient (Wildman–Crippen LogP) is 2.00. The summed E-state index contributed by atoms with van der Waals surface area (Å²) in [5.41, 5.74) is 1.04. The van der Waals surface area contributed by atoms with Crippen molar-refractivity contribution >= 4 is 11.9 Å². The normalized spacial score (nSPS) is 12.0. The fourth-order valence-electron chi connectivity index (χ4n) is 1.99. The quantitative estimate of drug-likeness (QED) is 0.646. The van der Waals surface area contributed by atoms with Crippen molar-refractivity contribution in [1.82, 2.24) is 15.5 Å². The van der Waals surface area contributed by atoms with Gasteiger partial charge in [0.1, 0.15) is 0 Å². The van der Waals surface area contributed by atoms with E-state index >= 15 is 0 Å². The zero-order valence-corrected chi connectivity index (χ0v) is 14.3. The van der Waals surface area contributed by atoms with Gasteiger partial charge in [-0.05, 0) is 33.3 Å². The Balaban J connectivity index is 2.55. The van der Waals surface area contributed by atoms with Crippen LogP contribution in [0.3, 0.4) is 0 Å². The van der Waals surface area contributed by atoms with Crippen LogP contribution in [0.4, 0.5) is 0 Å². The zero-order valence-electron chi connectivity index (χ0n) is 14.3. The van der Waals surface area contributed by atoms with E-state index in [-0.39, 0.29) is 18.0 Å². The molecule has 0 saturated carbocycles. The Morgan fingerprint density at radius 1 is 1.23 bits per heavy atom. The molecule has 22 heavy (non-hydrogen) atoms. The van der Waals surface area contributed by atoms with Gasteiger partial charge in [-0.2, -0.15) is 0 Å². The second-order valence-corrected chi connectivity index (χ2v) is 6.19. The number of aliphatic imine (C=N–C) groups is 1. The Kier molecular flexibility index (Phi) is 6.89. The van der Waals surface area contributed by atoms with E-state index in [9.17, 15) is 4.79 Å².